The molecule has 0 aliphatic rings. The second kappa shape index (κ2) is 6.36. The van der Waals surface area contributed by atoms with Gasteiger partial charge in [-0.1, -0.05) is 22.9 Å². The van der Waals surface area contributed by atoms with Gasteiger partial charge < -0.3 is 10.5 Å². The summed E-state index contributed by atoms with van der Waals surface area (Å²) in [6.07, 6.45) is 0. The molecule has 8 heteroatoms. The zero-order chi connectivity index (χ0) is 14.6. The molecule has 0 radical (unpaired) electrons. The second-order valence-electron chi connectivity index (χ2n) is 3.69. The average Bonchev–Trinajstić information content (AvgIpc) is 2.37. The van der Waals surface area contributed by atoms with Crippen molar-refractivity contribution in [2.75, 3.05) is 25.9 Å². The smallest absolute Gasteiger partial charge is 0.321 e. The number of esters is 1. The van der Waals surface area contributed by atoms with Crippen LogP contribution in [0.4, 0.5) is 5.69 Å². The van der Waals surface area contributed by atoms with Gasteiger partial charge in [-0.3, -0.25) is 4.79 Å². The van der Waals surface area contributed by atoms with Crippen molar-refractivity contribution in [3.05, 3.63) is 22.7 Å². The molecule has 6 nitrogen and oxygen atoms in total. The van der Waals surface area contributed by atoms with E-state index in [4.69, 9.17) is 5.73 Å². The summed E-state index contributed by atoms with van der Waals surface area (Å²) in [5, 5.41) is 0. The van der Waals surface area contributed by atoms with Crippen LogP contribution >= 0.6 is 15.9 Å². The maximum absolute atomic E-state index is 12.4. The molecule has 2 N–H and O–H groups in total. The molecule has 0 fully saturated rings. The molecule has 1 aromatic carbocycles. The summed E-state index contributed by atoms with van der Waals surface area (Å²) < 4.78 is 30.9. The number of carbonyl (C=O) groups is 1. The van der Waals surface area contributed by atoms with E-state index in [2.05, 4.69) is 20.7 Å². The first-order valence-electron chi connectivity index (χ1n) is 5.45. The van der Waals surface area contributed by atoms with E-state index in [-0.39, 0.29) is 23.7 Å². The summed E-state index contributed by atoms with van der Waals surface area (Å²) in [4.78, 5) is 11.2. The molecule has 1 rings (SSSR count). The number of halogens is 1. The molecule has 106 valence electrons. The Morgan fingerprint density at radius 2 is 2.11 bits per heavy atom. The van der Waals surface area contributed by atoms with Gasteiger partial charge in [0.25, 0.3) is 0 Å². The molecule has 0 atom stereocenters. The Labute approximate surface area is 120 Å². The lowest BCUT2D eigenvalue weighted by Crippen LogP contribution is -2.36. The maximum Gasteiger partial charge on any atom is 0.321 e. The largest absolute Gasteiger partial charge is 0.468 e. The minimum Gasteiger partial charge on any atom is -0.468 e. The molecule has 0 heterocycles. The third-order valence-corrected chi connectivity index (χ3v) is 4.95. The molecule has 0 aliphatic heterocycles. The van der Waals surface area contributed by atoms with E-state index in [1.165, 1.54) is 19.2 Å². The summed E-state index contributed by atoms with van der Waals surface area (Å²) in [7, 11) is -2.63. The van der Waals surface area contributed by atoms with Gasteiger partial charge in [0, 0.05) is 11.0 Å². The van der Waals surface area contributed by atoms with Crippen LogP contribution in [0.1, 0.15) is 6.92 Å². The van der Waals surface area contributed by atoms with Crippen molar-refractivity contribution in [3.63, 3.8) is 0 Å². The van der Waals surface area contributed by atoms with Gasteiger partial charge >= 0.3 is 5.97 Å². The van der Waals surface area contributed by atoms with Crippen LogP contribution in [0.25, 0.3) is 0 Å². The molecular weight excluding hydrogens is 336 g/mol. The normalized spacial score (nSPS) is 11.6. The van der Waals surface area contributed by atoms with Gasteiger partial charge in [0.2, 0.25) is 10.0 Å². The van der Waals surface area contributed by atoms with Gasteiger partial charge in [0.1, 0.15) is 11.4 Å². The molecule has 0 unspecified atom stereocenters. The van der Waals surface area contributed by atoms with E-state index in [9.17, 15) is 13.2 Å². The molecule has 19 heavy (non-hydrogen) atoms. The number of sulfonamides is 1. The first-order chi connectivity index (χ1) is 8.82. The third-order valence-electron chi connectivity index (χ3n) is 2.48. The number of hydrogen-bond donors (Lipinski definition) is 1. The van der Waals surface area contributed by atoms with Crippen molar-refractivity contribution in [2.45, 2.75) is 11.8 Å². The van der Waals surface area contributed by atoms with Crippen molar-refractivity contribution in [1.29, 1.82) is 0 Å². The molecule has 0 saturated carbocycles. The van der Waals surface area contributed by atoms with E-state index < -0.39 is 16.0 Å². The number of hydrogen-bond acceptors (Lipinski definition) is 5. The SMILES string of the molecule is CCN(CC(=O)OC)S(=O)(=O)c1cc(Br)ccc1N. The number of ether oxygens (including phenoxy) is 1. The van der Waals surface area contributed by atoms with E-state index in [0.29, 0.717) is 4.47 Å². The second-order valence-corrected chi connectivity index (χ2v) is 6.51. The predicted octanol–water partition coefficient (Wildman–Crippen LogP) is 1.21. The van der Waals surface area contributed by atoms with Crippen molar-refractivity contribution >= 4 is 37.6 Å². The summed E-state index contributed by atoms with van der Waals surface area (Å²) in [6.45, 7) is 1.43. The molecule has 1 aromatic rings. The highest BCUT2D eigenvalue weighted by Crippen LogP contribution is 2.25. The van der Waals surface area contributed by atoms with Crippen LogP contribution in [0.15, 0.2) is 27.6 Å². The lowest BCUT2D eigenvalue weighted by molar-refractivity contribution is -0.140. The van der Waals surface area contributed by atoms with Gasteiger partial charge in [-0.2, -0.15) is 4.31 Å². The lowest BCUT2D eigenvalue weighted by Gasteiger charge is -2.20. The van der Waals surface area contributed by atoms with Gasteiger partial charge in [-0.25, -0.2) is 8.42 Å². The topological polar surface area (TPSA) is 89.7 Å². The van der Waals surface area contributed by atoms with Crippen LogP contribution in [-0.2, 0) is 19.6 Å². The number of nitrogens with two attached hydrogens (primary N) is 1. The van der Waals surface area contributed by atoms with Gasteiger partial charge in [0.05, 0.1) is 12.8 Å². The molecule has 0 aliphatic carbocycles. The van der Waals surface area contributed by atoms with Gasteiger partial charge in [-0.05, 0) is 18.2 Å². The number of likely N-dealkylation sites (N-methyl/N-ethyl adjacent to an activating group) is 1. The number of rotatable bonds is 5. The van der Waals surface area contributed by atoms with Crippen LogP contribution in [0.5, 0.6) is 0 Å². The van der Waals surface area contributed by atoms with Crippen LogP contribution in [0.2, 0.25) is 0 Å². The molecule has 0 aromatic heterocycles. The standard InChI is InChI=1S/C11H15BrN2O4S/c1-3-14(7-11(15)18-2)19(16,17)10-6-8(12)4-5-9(10)13/h4-6H,3,7,13H2,1-2H3. The van der Waals surface area contributed by atoms with Crippen molar-refractivity contribution in [3.8, 4) is 0 Å². The zero-order valence-electron chi connectivity index (χ0n) is 10.6. The van der Waals surface area contributed by atoms with E-state index in [1.54, 1.807) is 13.0 Å². The molecule has 0 bridgehead atoms. The predicted molar refractivity (Wildman–Crippen MR) is 75.0 cm³/mol. The Kier molecular flexibility index (Phi) is 5.33. The minimum atomic E-state index is -3.83. The molecule has 0 saturated heterocycles. The molecular formula is C11H15BrN2O4S. The maximum atomic E-state index is 12.4. The Hall–Kier alpha value is -1.12. The van der Waals surface area contributed by atoms with Crippen LogP contribution in [0.3, 0.4) is 0 Å². The molecule has 0 spiro atoms. The minimum absolute atomic E-state index is 0.0346. The summed E-state index contributed by atoms with van der Waals surface area (Å²) in [5.41, 5.74) is 5.82. The van der Waals surface area contributed by atoms with E-state index in [1.807, 2.05) is 0 Å². The van der Waals surface area contributed by atoms with Crippen molar-refractivity contribution in [1.82, 2.24) is 4.31 Å². The highest BCUT2D eigenvalue weighted by molar-refractivity contribution is 9.10. The fourth-order valence-corrected chi connectivity index (χ4v) is 3.49. The average molecular weight is 351 g/mol. The summed E-state index contributed by atoms with van der Waals surface area (Å²) in [6, 6.07) is 4.54. The lowest BCUT2D eigenvalue weighted by atomic mass is 10.3. The number of nitrogens with zero attached hydrogens (tertiary/aromatic N) is 1. The van der Waals surface area contributed by atoms with Crippen molar-refractivity contribution in [2.24, 2.45) is 0 Å². The fourth-order valence-electron chi connectivity index (χ4n) is 1.45. The number of nitrogen functional groups attached to an aromatic ring is 1. The summed E-state index contributed by atoms with van der Waals surface area (Å²) in [5.74, 6) is -0.626. The Morgan fingerprint density at radius 1 is 1.47 bits per heavy atom. The number of methoxy groups -OCH3 is 1. The quantitative estimate of drug-likeness (QED) is 0.636. The third kappa shape index (κ3) is 3.68. The van der Waals surface area contributed by atoms with E-state index in [0.717, 1.165) is 4.31 Å². The monoisotopic (exact) mass is 350 g/mol. The number of carbonyl (C=O) groups excluding carboxylic acids is 1. The Balaban J connectivity index is 3.20. The zero-order valence-corrected chi connectivity index (χ0v) is 13.0. The van der Waals surface area contributed by atoms with Crippen LogP contribution in [-0.4, -0.2) is 38.9 Å². The number of benzene rings is 1. The first-order valence-corrected chi connectivity index (χ1v) is 7.68. The highest BCUT2D eigenvalue weighted by atomic mass is 79.9. The first kappa shape index (κ1) is 15.9. The highest BCUT2D eigenvalue weighted by Gasteiger charge is 2.27. The fraction of sp³-hybridized carbons (Fsp3) is 0.364. The van der Waals surface area contributed by atoms with Gasteiger partial charge in [-0.15, -0.1) is 0 Å². The molecule has 0 amide bonds. The van der Waals surface area contributed by atoms with Crippen LogP contribution in [0, 0.1) is 0 Å². The summed E-state index contributed by atoms with van der Waals surface area (Å²) >= 11 is 3.19. The Morgan fingerprint density at radius 3 is 2.63 bits per heavy atom. The number of anilines is 1. The van der Waals surface area contributed by atoms with Crippen molar-refractivity contribution < 1.29 is 17.9 Å². The Bertz CT molecular complexity index is 574. The van der Waals surface area contributed by atoms with E-state index >= 15 is 0 Å². The van der Waals surface area contributed by atoms with Crippen LogP contribution < -0.4 is 5.73 Å². The van der Waals surface area contributed by atoms with Gasteiger partial charge in [0.15, 0.2) is 0 Å².